The maximum atomic E-state index is 12.3. The number of aryl methyl sites for hydroxylation is 1. The van der Waals surface area contributed by atoms with Gasteiger partial charge in [0.15, 0.2) is 0 Å². The van der Waals surface area contributed by atoms with Gasteiger partial charge in [-0.2, -0.15) is 0 Å². The van der Waals surface area contributed by atoms with Gasteiger partial charge in [-0.3, -0.25) is 9.36 Å². The van der Waals surface area contributed by atoms with Crippen LogP contribution in [-0.2, 0) is 0 Å². The van der Waals surface area contributed by atoms with Gasteiger partial charge in [-0.15, -0.1) is 13.2 Å². The summed E-state index contributed by atoms with van der Waals surface area (Å²) >= 11 is 0. The summed E-state index contributed by atoms with van der Waals surface area (Å²) in [6.45, 7) is 2.43. The molecule has 0 saturated carbocycles. The van der Waals surface area contributed by atoms with Crippen LogP contribution in [0.2, 0.25) is 0 Å². The highest BCUT2D eigenvalue weighted by molar-refractivity contribution is 5.94. The lowest BCUT2D eigenvalue weighted by Gasteiger charge is -2.11. The third-order valence-corrected chi connectivity index (χ3v) is 3.77. The van der Waals surface area contributed by atoms with Gasteiger partial charge < -0.3 is 15.4 Å². The zero-order chi connectivity index (χ0) is 20.9. The molecule has 0 spiro atoms. The second kappa shape index (κ2) is 8.59. The number of alkyl halides is 3. The summed E-state index contributed by atoms with van der Waals surface area (Å²) < 4.78 is 42.4. The van der Waals surface area contributed by atoms with E-state index in [1.165, 1.54) is 18.5 Å². The number of hydrogen-bond acceptors (Lipinski definition) is 6. The molecule has 29 heavy (non-hydrogen) atoms. The van der Waals surface area contributed by atoms with E-state index in [0.717, 1.165) is 18.0 Å². The first-order chi connectivity index (χ1) is 13.8. The van der Waals surface area contributed by atoms with Crippen LogP contribution in [0, 0.1) is 6.92 Å². The van der Waals surface area contributed by atoms with Gasteiger partial charge in [0.05, 0.1) is 0 Å². The molecule has 1 aromatic carbocycles. The summed E-state index contributed by atoms with van der Waals surface area (Å²) in [7, 11) is 0. The van der Waals surface area contributed by atoms with E-state index in [1.54, 1.807) is 23.0 Å². The summed E-state index contributed by atoms with van der Waals surface area (Å²) in [6.07, 6.45) is 0.0274. The first kappa shape index (κ1) is 20.1. The van der Waals surface area contributed by atoms with Gasteiger partial charge in [0.1, 0.15) is 29.5 Å². The molecule has 3 aromatic rings. The molecule has 2 aromatic heterocycles. The quantitative estimate of drug-likeness (QED) is 0.586. The van der Waals surface area contributed by atoms with E-state index in [4.69, 9.17) is 0 Å². The summed E-state index contributed by atoms with van der Waals surface area (Å²) in [5, 5.41) is 5.66. The van der Waals surface area contributed by atoms with Crippen LogP contribution in [-0.4, -0.2) is 44.9 Å². The molecule has 2 heterocycles. The Morgan fingerprint density at radius 2 is 2.00 bits per heavy atom. The monoisotopic (exact) mass is 406 g/mol. The molecular weight excluding hydrogens is 389 g/mol. The topological polar surface area (TPSA) is 94.0 Å². The number of halogens is 3. The van der Waals surface area contributed by atoms with E-state index in [-0.39, 0.29) is 12.1 Å². The van der Waals surface area contributed by atoms with E-state index in [1.807, 2.05) is 6.92 Å². The minimum atomic E-state index is -4.81. The van der Waals surface area contributed by atoms with Crippen LogP contribution in [0.15, 0.2) is 49.1 Å². The Bertz CT molecular complexity index is 989. The normalized spacial score (nSPS) is 11.2. The van der Waals surface area contributed by atoms with Gasteiger partial charge in [0.25, 0.3) is 5.91 Å². The Labute approximate surface area is 163 Å². The van der Waals surface area contributed by atoms with Crippen molar-refractivity contribution in [3.05, 3.63) is 60.4 Å². The number of nitrogens with one attached hydrogen (secondary N) is 2. The molecule has 0 aliphatic carbocycles. The Hall–Kier alpha value is -3.63. The first-order valence-corrected chi connectivity index (χ1v) is 8.52. The number of aromatic nitrogens is 4. The molecule has 0 unspecified atom stereocenters. The van der Waals surface area contributed by atoms with Crippen LogP contribution in [0.5, 0.6) is 5.75 Å². The van der Waals surface area contributed by atoms with Crippen molar-refractivity contribution in [2.75, 3.05) is 18.4 Å². The molecule has 3 rings (SSSR count). The molecule has 0 fully saturated rings. The first-order valence-electron chi connectivity index (χ1n) is 8.52. The van der Waals surface area contributed by atoms with Crippen LogP contribution >= 0.6 is 0 Å². The van der Waals surface area contributed by atoms with Crippen LogP contribution < -0.4 is 15.4 Å². The zero-order valence-corrected chi connectivity index (χ0v) is 15.3. The number of rotatable bonds is 7. The number of nitrogens with zero attached hydrogens (tertiary/aromatic N) is 4. The molecule has 152 valence electrons. The lowest BCUT2D eigenvalue weighted by atomic mass is 10.2. The van der Waals surface area contributed by atoms with Crippen molar-refractivity contribution in [1.29, 1.82) is 0 Å². The summed E-state index contributed by atoms with van der Waals surface area (Å²) in [5.41, 5.74) is 0.0617. The van der Waals surface area contributed by atoms with Gasteiger partial charge in [0, 0.05) is 37.1 Å². The van der Waals surface area contributed by atoms with Crippen molar-refractivity contribution in [1.82, 2.24) is 24.8 Å². The van der Waals surface area contributed by atoms with Crippen LogP contribution in [0.25, 0.3) is 5.82 Å². The van der Waals surface area contributed by atoms with Crippen molar-refractivity contribution in [3.8, 4) is 11.6 Å². The Balaban J connectivity index is 1.51. The van der Waals surface area contributed by atoms with E-state index >= 15 is 0 Å². The lowest BCUT2D eigenvalue weighted by molar-refractivity contribution is -0.274. The highest BCUT2D eigenvalue weighted by Gasteiger charge is 2.31. The van der Waals surface area contributed by atoms with Gasteiger partial charge in [-0.25, -0.2) is 15.0 Å². The summed E-state index contributed by atoms with van der Waals surface area (Å²) in [6, 6.07) is 6.60. The predicted molar refractivity (Wildman–Crippen MR) is 97.8 cm³/mol. The number of anilines is 1. The summed E-state index contributed by atoms with van der Waals surface area (Å²) in [5.74, 6) is 1.00. The van der Waals surface area contributed by atoms with Crippen molar-refractivity contribution in [2.24, 2.45) is 0 Å². The number of amides is 1. The summed E-state index contributed by atoms with van der Waals surface area (Å²) in [4.78, 5) is 24.5. The molecule has 0 bridgehead atoms. The van der Waals surface area contributed by atoms with E-state index in [0.29, 0.717) is 18.2 Å². The van der Waals surface area contributed by atoms with Crippen molar-refractivity contribution < 1.29 is 22.7 Å². The van der Waals surface area contributed by atoms with Crippen LogP contribution in [0.4, 0.5) is 19.0 Å². The average Bonchev–Trinajstić information content (AvgIpc) is 3.10. The number of benzene rings is 1. The number of ether oxygens (including phenoxy) is 1. The Morgan fingerprint density at radius 3 is 2.72 bits per heavy atom. The minimum Gasteiger partial charge on any atom is -0.406 e. The zero-order valence-electron chi connectivity index (χ0n) is 15.3. The average molecular weight is 406 g/mol. The molecule has 2 N–H and O–H groups in total. The van der Waals surface area contributed by atoms with Gasteiger partial charge in [-0.05, 0) is 25.1 Å². The van der Waals surface area contributed by atoms with Crippen molar-refractivity contribution >= 4 is 11.7 Å². The molecule has 0 saturated heterocycles. The van der Waals surface area contributed by atoms with E-state index in [9.17, 15) is 18.0 Å². The highest BCUT2D eigenvalue weighted by Crippen LogP contribution is 2.23. The second-order valence-corrected chi connectivity index (χ2v) is 5.86. The molecule has 0 radical (unpaired) electrons. The molecule has 0 aliphatic heterocycles. The van der Waals surface area contributed by atoms with Gasteiger partial charge in [-0.1, -0.05) is 6.07 Å². The van der Waals surface area contributed by atoms with Crippen LogP contribution in [0.1, 0.15) is 16.2 Å². The van der Waals surface area contributed by atoms with E-state index in [2.05, 4.69) is 30.3 Å². The largest absolute Gasteiger partial charge is 0.573 e. The number of carbonyl (C=O) groups is 1. The maximum Gasteiger partial charge on any atom is 0.573 e. The lowest BCUT2D eigenvalue weighted by Crippen LogP contribution is -2.29. The Morgan fingerprint density at radius 1 is 1.17 bits per heavy atom. The fourth-order valence-corrected chi connectivity index (χ4v) is 2.50. The predicted octanol–water partition coefficient (Wildman–Crippen LogP) is 2.71. The maximum absolute atomic E-state index is 12.3. The molecule has 0 atom stereocenters. The smallest absolute Gasteiger partial charge is 0.406 e. The third kappa shape index (κ3) is 5.67. The Kier molecular flexibility index (Phi) is 5.96. The molecular formula is C18H17F3N6O2. The standard InChI is InChI=1S/C18H17F3N6O2/c1-12-22-7-8-27(12)16-10-15(25-11-26-16)23-5-6-24-17(28)13-3-2-4-14(9-13)29-18(19,20)21/h2-4,7-11H,5-6H2,1H3,(H,24,28)(H,23,25,26). The molecule has 8 nitrogen and oxygen atoms in total. The minimum absolute atomic E-state index is 0.0617. The van der Waals surface area contributed by atoms with Crippen LogP contribution in [0.3, 0.4) is 0 Å². The number of hydrogen-bond donors (Lipinski definition) is 2. The molecule has 1 amide bonds. The molecule has 0 aliphatic rings. The third-order valence-electron chi connectivity index (χ3n) is 3.77. The highest BCUT2D eigenvalue weighted by atomic mass is 19.4. The fourth-order valence-electron chi connectivity index (χ4n) is 2.50. The number of carbonyl (C=O) groups excluding carboxylic acids is 1. The SMILES string of the molecule is Cc1nccn1-c1cc(NCCNC(=O)c2cccc(OC(F)(F)F)c2)ncn1. The van der Waals surface area contributed by atoms with Crippen molar-refractivity contribution in [3.63, 3.8) is 0 Å². The van der Waals surface area contributed by atoms with Gasteiger partial charge >= 0.3 is 6.36 Å². The van der Waals surface area contributed by atoms with E-state index < -0.39 is 18.0 Å². The van der Waals surface area contributed by atoms with Gasteiger partial charge in [0.2, 0.25) is 0 Å². The number of imidazole rings is 1. The van der Waals surface area contributed by atoms with Crippen molar-refractivity contribution in [2.45, 2.75) is 13.3 Å². The second-order valence-electron chi connectivity index (χ2n) is 5.86. The fraction of sp³-hybridized carbons (Fsp3) is 0.222. The molecule has 11 heteroatoms.